The molecule has 0 aromatic heterocycles. The van der Waals surface area contributed by atoms with Crippen LogP contribution in [0.2, 0.25) is 0 Å². The Labute approximate surface area is 69.8 Å². The third-order valence-electron chi connectivity index (χ3n) is 2.99. The van der Waals surface area contributed by atoms with Crippen molar-refractivity contribution < 1.29 is 5.11 Å². The Morgan fingerprint density at radius 1 is 1.27 bits per heavy atom. The molecular weight excluding hydrogens is 136 g/mol. The van der Waals surface area contributed by atoms with Crippen LogP contribution in [0.4, 0.5) is 0 Å². The summed E-state index contributed by atoms with van der Waals surface area (Å²) < 4.78 is 0. The molecular formula is C10H20O. The topological polar surface area (TPSA) is 20.2 Å². The molecule has 1 nitrogen and oxygen atoms in total. The largest absolute Gasteiger partial charge is 0.393 e. The average molecular weight is 156 g/mol. The number of hydrogen-bond donors (Lipinski definition) is 1. The zero-order chi connectivity index (χ0) is 8.43. The van der Waals surface area contributed by atoms with Crippen molar-refractivity contribution in [1.82, 2.24) is 0 Å². The van der Waals surface area contributed by atoms with Crippen LogP contribution in [0.25, 0.3) is 0 Å². The quantitative estimate of drug-likeness (QED) is 0.618. The Morgan fingerprint density at radius 2 is 1.91 bits per heavy atom. The van der Waals surface area contributed by atoms with Crippen LogP contribution in [0.5, 0.6) is 0 Å². The number of aliphatic hydroxyl groups is 1. The van der Waals surface area contributed by atoms with Gasteiger partial charge in [0, 0.05) is 0 Å². The summed E-state index contributed by atoms with van der Waals surface area (Å²) in [5.74, 6) is 1.95. The maximum atomic E-state index is 9.71. The molecule has 0 saturated heterocycles. The summed E-state index contributed by atoms with van der Waals surface area (Å²) in [5, 5.41) is 9.71. The molecule has 0 aliphatic heterocycles. The van der Waals surface area contributed by atoms with Gasteiger partial charge in [-0.3, -0.25) is 0 Å². The third kappa shape index (κ3) is 2.19. The van der Waals surface area contributed by atoms with Crippen molar-refractivity contribution in [1.29, 1.82) is 0 Å². The summed E-state index contributed by atoms with van der Waals surface area (Å²) in [6.45, 7) is 6.66. The van der Waals surface area contributed by atoms with Crippen molar-refractivity contribution >= 4 is 0 Å². The molecule has 11 heavy (non-hydrogen) atoms. The van der Waals surface area contributed by atoms with Gasteiger partial charge in [0.2, 0.25) is 0 Å². The van der Waals surface area contributed by atoms with Crippen LogP contribution < -0.4 is 0 Å². The molecule has 1 saturated carbocycles. The first-order valence-electron chi connectivity index (χ1n) is 4.79. The van der Waals surface area contributed by atoms with Crippen LogP contribution in [-0.4, -0.2) is 11.2 Å². The van der Waals surface area contributed by atoms with Crippen LogP contribution in [0, 0.1) is 17.8 Å². The summed E-state index contributed by atoms with van der Waals surface area (Å²) in [7, 11) is 0. The fourth-order valence-corrected chi connectivity index (χ4v) is 2.15. The van der Waals surface area contributed by atoms with Gasteiger partial charge >= 0.3 is 0 Å². The minimum Gasteiger partial charge on any atom is -0.393 e. The predicted octanol–water partition coefficient (Wildman–Crippen LogP) is 2.44. The van der Waals surface area contributed by atoms with E-state index in [1.807, 2.05) is 0 Å². The van der Waals surface area contributed by atoms with Crippen LogP contribution >= 0.6 is 0 Å². The van der Waals surface area contributed by atoms with E-state index in [1.165, 1.54) is 12.8 Å². The Balaban J connectivity index is 2.44. The van der Waals surface area contributed by atoms with Gasteiger partial charge in [-0.1, -0.05) is 27.2 Å². The molecule has 0 heterocycles. The van der Waals surface area contributed by atoms with Crippen LogP contribution in [0.3, 0.4) is 0 Å². The highest BCUT2D eigenvalue weighted by Crippen LogP contribution is 2.33. The van der Waals surface area contributed by atoms with Gasteiger partial charge in [-0.25, -0.2) is 0 Å². The second-order valence-electron chi connectivity index (χ2n) is 4.39. The fourth-order valence-electron chi connectivity index (χ4n) is 2.15. The van der Waals surface area contributed by atoms with E-state index in [0.29, 0.717) is 11.8 Å². The van der Waals surface area contributed by atoms with Gasteiger partial charge in [-0.15, -0.1) is 0 Å². The van der Waals surface area contributed by atoms with Gasteiger partial charge in [0.25, 0.3) is 0 Å². The smallest absolute Gasteiger partial charge is 0.0573 e. The Morgan fingerprint density at radius 3 is 2.36 bits per heavy atom. The fraction of sp³-hybridized carbons (Fsp3) is 1.00. The van der Waals surface area contributed by atoms with E-state index in [0.717, 1.165) is 12.3 Å². The second kappa shape index (κ2) is 3.57. The van der Waals surface area contributed by atoms with Crippen LogP contribution in [0.1, 0.15) is 40.0 Å². The van der Waals surface area contributed by atoms with Crippen molar-refractivity contribution in [2.24, 2.45) is 17.8 Å². The lowest BCUT2D eigenvalue weighted by molar-refractivity contribution is 0.0266. The van der Waals surface area contributed by atoms with Crippen molar-refractivity contribution in [2.75, 3.05) is 0 Å². The predicted molar refractivity (Wildman–Crippen MR) is 47.3 cm³/mol. The first-order valence-corrected chi connectivity index (χ1v) is 4.79. The molecule has 1 aliphatic rings. The lowest BCUT2D eigenvalue weighted by atomic mass is 9.75. The van der Waals surface area contributed by atoms with Gasteiger partial charge in [0.05, 0.1) is 6.10 Å². The lowest BCUT2D eigenvalue weighted by Gasteiger charge is -2.33. The highest BCUT2D eigenvalue weighted by Gasteiger charge is 2.28. The van der Waals surface area contributed by atoms with Crippen LogP contribution in [-0.2, 0) is 0 Å². The molecule has 0 aromatic carbocycles. The molecule has 66 valence electrons. The van der Waals surface area contributed by atoms with Gasteiger partial charge < -0.3 is 5.11 Å². The first kappa shape index (κ1) is 9.05. The van der Waals surface area contributed by atoms with Crippen molar-refractivity contribution in [2.45, 2.75) is 46.1 Å². The monoisotopic (exact) mass is 156 g/mol. The van der Waals surface area contributed by atoms with E-state index in [-0.39, 0.29) is 6.10 Å². The van der Waals surface area contributed by atoms with Gasteiger partial charge in [-0.05, 0) is 30.6 Å². The minimum absolute atomic E-state index is 0.0289. The van der Waals surface area contributed by atoms with Gasteiger partial charge in [0.1, 0.15) is 0 Å². The third-order valence-corrected chi connectivity index (χ3v) is 2.99. The lowest BCUT2D eigenvalue weighted by Crippen LogP contribution is -2.31. The van der Waals surface area contributed by atoms with Crippen molar-refractivity contribution in [3.05, 3.63) is 0 Å². The van der Waals surface area contributed by atoms with Crippen LogP contribution in [0.15, 0.2) is 0 Å². The molecule has 1 heteroatoms. The van der Waals surface area contributed by atoms with E-state index < -0.39 is 0 Å². The van der Waals surface area contributed by atoms with E-state index in [4.69, 9.17) is 0 Å². The molecule has 0 aromatic rings. The SMILES string of the molecule is CC(C)[C@@H]1CC[C@H](C)C[C@H]1O. The first-order chi connectivity index (χ1) is 5.11. The molecule has 1 fully saturated rings. The number of rotatable bonds is 1. The van der Waals surface area contributed by atoms with E-state index in [9.17, 15) is 5.11 Å². The van der Waals surface area contributed by atoms with E-state index in [1.54, 1.807) is 0 Å². The van der Waals surface area contributed by atoms with E-state index >= 15 is 0 Å². The molecule has 0 bridgehead atoms. The summed E-state index contributed by atoms with van der Waals surface area (Å²) in [5.41, 5.74) is 0. The summed E-state index contributed by atoms with van der Waals surface area (Å²) in [6, 6.07) is 0. The average Bonchev–Trinajstić information content (AvgIpc) is 1.85. The van der Waals surface area contributed by atoms with Gasteiger partial charge in [-0.2, -0.15) is 0 Å². The minimum atomic E-state index is -0.0289. The van der Waals surface area contributed by atoms with E-state index in [2.05, 4.69) is 20.8 Å². The van der Waals surface area contributed by atoms with Crippen molar-refractivity contribution in [3.63, 3.8) is 0 Å². The summed E-state index contributed by atoms with van der Waals surface area (Å²) in [6.07, 6.45) is 3.52. The van der Waals surface area contributed by atoms with Crippen molar-refractivity contribution in [3.8, 4) is 0 Å². The Hall–Kier alpha value is -0.0400. The normalized spacial score (nSPS) is 39.5. The maximum Gasteiger partial charge on any atom is 0.0573 e. The molecule has 1 N–H and O–H groups in total. The molecule has 0 radical (unpaired) electrons. The molecule has 3 atom stereocenters. The zero-order valence-corrected chi connectivity index (χ0v) is 7.88. The summed E-state index contributed by atoms with van der Waals surface area (Å²) in [4.78, 5) is 0. The molecule has 0 amide bonds. The second-order valence-corrected chi connectivity index (χ2v) is 4.39. The highest BCUT2D eigenvalue weighted by molar-refractivity contribution is 4.79. The Kier molecular flexibility index (Phi) is 2.94. The molecule has 1 aliphatic carbocycles. The maximum absolute atomic E-state index is 9.71. The molecule has 0 unspecified atom stereocenters. The highest BCUT2D eigenvalue weighted by atomic mass is 16.3. The zero-order valence-electron chi connectivity index (χ0n) is 7.88. The number of aliphatic hydroxyl groups excluding tert-OH is 1. The summed E-state index contributed by atoms with van der Waals surface area (Å²) >= 11 is 0. The molecule has 1 rings (SSSR count). The van der Waals surface area contributed by atoms with Gasteiger partial charge in [0.15, 0.2) is 0 Å². The Bertz CT molecular complexity index is 120. The standard InChI is InChI=1S/C10H20O/c1-7(2)9-5-4-8(3)6-10(9)11/h7-11H,4-6H2,1-3H3/t8-,9-,10+/m0/s1. The molecule has 0 spiro atoms. The number of hydrogen-bond acceptors (Lipinski definition) is 1.